The zero-order valence-corrected chi connectivity index (χ0v) is 10.4. The third kappa shape index (κ3) is 1.93. The van der Waals surface area contributed by atoms with Crippen molar-refractivity contribution in [1.29, 1.82) is 0 Å². The van der Waals surface area contributed by atoms with Crippen molar-refractivity contribution in [3.8, 4) is 0 Å². The molecule has 0 aliphatic heterocycles. The molecule has 2 aliphatic rings. The molecule has 5 heteroatoms. The molecule has 0 aromatic rings. The highest BCUT2D eigenvalue weighted by Crippen LogP contribution is 2.54. The molecule has 0 heterocycles. The van der Waals surface area contributed by atoms with E-state index in [4.69, 9.17) is 0 Å². The Bertz CT molecular complexity index is 400. The van der Waals surface area contributed by atoms with Gasteiger partial charge in [0.15, 0.2) is 0 Å². The van der Waals surface area contributed by atoms with Crippen molar-refractivity contribution >= 4 is 5.97 Å². The van der Waals surface area contributed by atoms with Gasteiger partial charge in [0.25, 0.3) is 0 Å². The first kappa shape index (κ1) is 13.4. The van der Waals surface area contributed by atoms with E-state index in [-0.39, 0.29) is 18.8 Å². The summed E-state index contributed by atoms with van der Waals surface area (Å²) in [6.45, 7) is 3.37. The molecule has 1 N–H and O–H groups in total. The number of carboxylic acids is 1. The van der Waals surface area contributed by atoms with Crippen LogP contribution >= 0.6 is 0 Å². The average molecular weight is 262 g/mol. The van der Waals surface area contributed by atoms with Crippen LogP contribution in [0.5, 0.6) is 0 Å². The van der Waals surface area contributed by atoms with Crippen molar-refractivity contribution in [1.82, 2.24) is 0 Å². The molecule has 2 bridgehead atoms. The fourth-order valence-corrected chi connectivity index (χ4v) is 3.34. The van der Waals surface area contributed by atoms with Gasteiger partial charge in [0.1, 0.15) is 0 Å². The van der Waals surface area contributed by atoms with Gasteiger partial charge in [-0.05, 0) is 38.0 Å². The van der Waals surface area contributed by atoms with Crippen LogP contribution in [-0.2, 0) is 4.79 Å². The van der Waals surface area contributed by atoms with E-state index in [1.807, 2.05) is 0 Å². The second-order valence-corrected chi connectivity index (χ2v) is 5.78. The predicted molar refractivity (Wildman–Crippen MR) is 59.9 cm³/mol. The topological polar surface area (TPSA) is 37.3 Å². The van der Waals surface area contributed by atoms with Crippen LogP contribution in [0.1, 0.15) is 33.1 Å². The number of hydrogen-bond donors (Lipinski definition) is 1. The van der Waals surface area contributed by atoms with Gasteiger partial charge in [-0.1, -0.05) is 18.6 Å². The van der Waals surface area contributed by atoms with E-state index in [2.05, 4.69) is 0 Å². The lowest BCUT2D eigenvalue weighted by Crippen LogP contribution is -2.47. The van der Waals surface area contributed by atoms with Crippen LogP contribution < -0.4 is 0 Å². The van der Waals surface area contributed by atoms with Crippen molar-refractivity contribution in [2.45, 2.75) is 39.3 Å². The molecule has 18 heavy (non-hydrogen) atoms. The number of aliphatic carboxylic acids is 1. The molecule has 1 fully saturated rings. The second kappa shape index (κ2) is 4.00. The van der Waals surface area contributed by atoms with E-state index in [0.717, 1.165) is 5.57 Å². The summed E-state index contributed by atoms with van der Waals surface area (Å²) in [5.41, 5.74) is -0.298. The fourth-order valence-electron chi connectivity index (χ4n) is 3.34. The Kier molecular flexibility index (Phi) is 2.98. The number of hydrogen-bond acceptors (Lipinski definition) is 1. The second-order valence-electron chi connectivity index (χ2n) is 5.78. The molecule has 0 radical (unpaired) electrons. The van der Waals surface area contributed by atoms with Crippen LogP contribution in [0.4, 0.5) is 13.2 Å². The molecule has 102 valence electrons. The third-order valence-corrected chi connectivity index (χ3v) is 4.79. The maximum atomic E-state index is 12.8. The molecule has 0 spiro atoms. The van der Waals surface area contributed by atoms with Crippen molar-refractivity contribution in [2.24, 2.45) is 23.2 Å². The van der Waals surface area contributed by atoms with E-state index in [9.17, 15) is 23.1 Å². The number of rotatable bonds is 1. The van der Waals surface area contributed by atoms with Crippen molar-refractivity contribution in [3.63, 3.8) is 0 Å². The first-order valence-electron chi connectivity index (χ1n) is 6.15. The standard InChI is InChI=1S/C13H17F3O2/c1-7-3-8-4-9(12(7,2)11(17)18)6-10(5-8)13(14,15)16/h3,7,9-10H,4-6H2,1-2H3,(H,17,18). The normalized spacial score (nSPS) is 40.3. The molecule has 1 saturated carbocycles. The summed E-state index contributed by atoms with van der Waals surface area (Å²) in [7, 11) is 0. The Morgan fingerprint density at radius 1 is 1.44 bits per heavy atom. The molecule has 0 saturated heterocycles. The summed E-state index contributed by atoms with van der Waals surface area (Å²) in [5, 5.41) is 9.36. The third-order valence-electron chi connectivity index (χ3n) is 4.79. The molecule has 2 nitrogen and oxygen atoms in total. The summed E-state index contributed by atoms with van der Waals surface area (Å²) in [6.07, 6.45) is -2.01. The van der Waals surface area contributed by atoms with Crippen LogP contribution in [0.15, 0.2) is 11.6 Å². The maximum Gasteiger partial charge on any atom is 0.392 e. The first-order valence-corrected chi connectivity index (χ1v) is 6.15. The predicted octanol–water partition coefficient (Wildman–Crippen LogP) is 3.63. The smallest absolute Gasteiger partial charge is 0.392 e. The lowest BCUT2D eigenvalue weighted by Gasteiger charge is -2.47. The van der Waals surface area contributed by atoms with Gasteiger partial charge in [0, 0.05) is 0 Å². The average Bonchev–Trinajstić information content (AvgIpc) is 2.24. The van der Waals surface area contributed by atoms with E-state index in [1.54, 1.807) is 19.9 Å². The Hall–Kier alpha value is -1.00. The van der Waals surface area contributed by atoms with Gasteiger partial charge in [-0.2, -0.15) is 13.2 Å². The summed E-state index contributed by atoms with van der Waals surface area (Å²) in [4.78, 5) is 11.4. The number of fused-ring (bicyclic) bond motifs is 2. The number of halogens is 3. The number of carbonyl (C=O) groups is 1. The van der Waals surface area contributed by atoms with Crippen molar-refractivity contribution in [3.05, 3.63) is 11.6 Å². The Balaban J connectivity index is 2.35. The molecule has 0 amide bonds. The first-order chi connectivity index (χ1) is 8.15. The number of alkyl halides is 3. The summed E-state index contributed by atoms with van der Waals surface area (Å²) < 4.78 is 38.5. The molecular weight excluding hydrogens is 245 g/mol. The Morgan fingerprint density at radius 2 is 2.06 bits per heavy atom. The molecule has 2 aliphatic carbocycles. The molecule has 4 unspecified atom stereocenters. The highest BCUT2D eigenvalue weighted by atomic mass is 19.4. The quantitative estimate of drug-likeness (QED) is 0.733. The summed E-state index contributed by atoms with van der Waals surface area (Å²) >= 11 is 0. The number of carboxylic acid groups (broad SMARTS) is 1. The summed E-state index contributed by atoms with van der Waals surface area (Å²) in [5.74, 6) is -2.99. The van der Waals surface area contributed by atoms with Crippen LogP contribution in [-0.4, -0.2) is 17.3 Å². The van der Waals surface area contributed by atoms with Gasteiger partial charge in [0.2, 0.25) is 0 Å². The molecule has 0 aromatic heterocycles. The Morgan fingerprint density at radius 3 is 2.56 bits per heavy atom. The van der Waals surface area contributed by atoms with Crippen LogP contribution in [0, 0.1) is 23.2 Å². The Labute approximate surface area is 104 Å². The minimum Gasteiger partial charge on any atom is -0.481 e. The minimum atomic E-state index is -4.22. The largest absolute Gasteiger partial charge is 0.481 e. The van der Waals surface area contributed by atoms with E-state index >= 15 is 0 Å². The minimum absolute atomic E-state index is 0.0417. The number of allylic oxidation sites excluding steroid dienone is 2. The van der Waals surface area contributed by atoms with Crippen LogP contribution in [0.25, 0.3) is 0 Å². The van der Waals surface area contributed by atoms with Gasteiger partial charge in [-0.15, -0.1) is 0 Å². The van der Waals surface area contributed by atoms with Crippen LogP contribution in [0.2, 0.25) is 0 Å². The van der Waals surface area contributed by atoms with Gasteiger partial charge in [-0.3, -0.25) is 4.79 Å². The highest BCUT2D eigenvalue weighted by Gasteiger charge is 2.54. The summed E-state index contributed by atoms with van der Waals surface area (Å²) in [6, 6.07) is 0. The van der Waals surface area contributed by atoms with E-state index in [1.165, 1.54) is 0 Å². The van der Waals surface area contributed by atoms with Gasteiger partial charge in [0.05, 0.1) is 11.3 Å². The molecule has 0 aromatic carbocycles. The highest BCUT2D eigenvalue weighted by molar-refractivity contribution is 5.76. The fraction of sp³-hybridized carbons (Fsp3) is 0.769. The molecule has 4 atom stereocenters. The van der Waals surface area contributed by atoms with Gasteiger partial charge >= 0.3 is 12.1 Å². The zero-order valence-electron chi connectivity index (χ0n) is 10.4. The van der Waals surface area contributed by atoms with Crippen molar-refractivity contribution in [2.75, 3.05) is 0 Å². The van der Waals surface area contributed by atoms with Gasteiger partial charge < -0.3 is 5.11 Å². The van der Waals surface area contributed by atoms with Crippen LogP contribution in [0.3, 0.4) is 0 Å². The SMILES string of the molecule is CC1C=C2CC(C(F)(F)F)CC(C2)C1(C)C(=O)O. The lowest BCUT2D eigenvalue weighted by molar-refractivity contribution is -0.190. The molecule has 2 rings (SSSR count). The lowest BCUT2D eigenvalue weighted by atomic mass is 9.57. The monoisotopic (exact) mass is 262 g/mol. The van der Waals surface area contributed by atoms with E-state index < -0.39 is 29.4 Å². The van der Waals surface area contributed by atoms with E-state index in [0.29, 0.717) is 6.42 Å². The zero-order chi connectivity index (χ0) is 13.7. The molecular formula is C13H17F3O2. The van der Waals surface area contributed by atoms with Crippen molar-refractivity contribution < 1.29 is 23.1 Å². The van der Waals surface area contributed by atoms with Gasteiger partial charge in [-0.25, -0.2) is 0 Å². The maximum absolute atomic E-state index is 12.8.